The predicted molar refractivity (Wildman–Crippen MR) is 68.1 cm³/mol. The average Bonchev–Trinajstić information content (AvgIpc) is 2.29. The van der Waals surface area contributed by atoms with E-state index in [0.717, 1.165) is 25.2 Å². The standard InChI is InChI=1S/C14H21FN2/c1-11(16)13-5-3-7-17(10-13)9-12-4-2-6-14(15)8-12/h2,4,6,8,11,13H,3,5,7,9-10,16H2,1H3. The summed E-state index contributed by atoms with van der Waals surface area (Å²) >= 11 is 0. The topological polar surface area (TPSA) is 29.3 Å². The van der Waals surface area contributed by atoms with Gasteiger partial charge in [0.25, 0.3) is 0 Å². The number of piperidine rings is 1. The maximum absolute atomic E-state index is 13.1. The van der Waals surface area contributed by atoms with E-state index < -0.39 is 0 Å². The van der Waals surface area contributed by atoms with Crippen LogP contribution in [0.5, 0.6) is 0 Å². The molecule has 2 atom stereocenters. The molecule has 1 fully saturated rings. The van der Waals surface area contributed by atoms with Gasteiger partial charge < -0.3 is 5.73 Å². The summed E-state index contributed by atoms with van der Waals surface area (Å²) in [5, 5.41) is 0. The van der Waals surface area contributed by atoms with Crippen molar-refractivity contribution in [2.75, 3.05) is 13.1 Å². The quantitative estimate of drug-likeness (QED) is 0.873. The maximum Gasteiger partial charge on any atom is 0.123 e. The zero-order chi connectivity index (χ0) is 12.3. The van der Waals surface area contributed by atoms with E-state index in [9.17, 15) is 4.39 Å². The van der Waals surface area contributed by atoms with Crippen LogP contribution < -0.4 is 5.73 Å². The second-order valence-corrected chi connectivity index (χ2v) is 5.13. The van der Waals surface area contributed by atoms with Crippen molar-refractivity contribution in [3.8, 4) is 0 Å². The van der Waals surface area contributed by atoms with Crippen LogP contribution in [0.3, 0.4) is 0 Å². The molecule has 2 unspecified atom stereocenters. The highest BCUT2D eigenvalue weighted by Gasteiger charge is 2.22. The average molecular weight is 236 g/mol. The molecule has 1 aromatic rings. The fourth-order valence-electron chi connectivity index (χ4n) is 2.56. The van der Waals surface area contributed by atoms with Gasteiger partial charge in [0.05, 0.1) is 0 Å². The molecule has 0 spiro atoms. The Morgan fingerprint density at radius 1 is 1.53 bits per heavy atom. The zero-order valence-electron chi connectivity index (χ0n) is 10.4. The Kier molecular flexibility index (Phi) is 4.13. The molecule has 94 valence electrons. The van der Waals surface area contributed by atoms with Crippen molar-refractivity contribution < 1.29 is 4.39 Å². The molecule has 2 rings (SSSR count). The Morgan fingerprint density at radius 2 is 2.35 bits per heavy atom. The van der Waals surface area contributed by atoms with Crippen LogP contribution >= 0.6 is 0 Å². The van der Waals surface area contributed by atoms with Crippen molar-refractivity contribution in [1.82, 2.24) is 4.90 Å². The SMILES string of the molecule is CC(N)C1CCCN(Cc2cccc(F)c2)C1. The molecule has 0 radical (unpaired) electrons. The number of hydrogen-bond donors (Lipinski definition) is 1. The largest absolute Gasteiger partial charge is 0.328 e. The molecule has 1 aliphatic rings. The maximum atomic E-state index is 13.1. The molecule has 0 amide bonds. The molecule has 2 nitrogen and oxygen atoms in total. The second-order valence-electron chi connectivity index (χ2n) is 5.13. The molecular weight excluding hydrogens is 215 g/mol. The first kappa shape index (κ1) is 12.5. The smallest absolute Gasteiger partial charge is 0.123 e. The summed E-state index contributed by atoms with van der Waals surface area (Å²) in [5.41, 5.74) is 7.01. The first-order valence-electron chi connectivity index (χ1n) is 6.37. The monoisotopic (exact) mass is 236 g/mol. The lowest BCUT2D eigenvalue weighted by molar-refractivity contribution is 0.154. The van der Waals surface area contributed by atoms with Gasteiger partial charge in [0.2, 0.25) is 0 Å². The number of benzene rings is 1. The van der Waals surface area contributed by atoms with Crippen LogP contribution in [-0.4, -0.2) is 24.0 Å². The van der Waals surface area contributed by atoms with Crippen molar-refractivity contribution in [2.24, 2.45) is 11.7 Å². The van der Waals surface area contributed by atoms with Crippen molar-refractivity contribution in [2.45, 2.75) is 32.4 Å². The Bertz CT molecular complexity index is 365. The molecule has 2 N–H and O–H groups in total. The Morgan fingerprint density at radius 3 is 3.06 bits per heavy atom. The first-order valence-corrected chi connectivity index (χ1v) is 6.37. The summed E-state index contributed by atoms with van der Waals surface area (Å²) in [6.07, 6.45) is 2.42. The van der Waals surface area contributed by atoms with E-state index in [4.69, 9.17) is 5.73 Å². The summed E-state index contributed by atoms with van der Waals surface area (Å²) in [4.78, 5) is 2.38. The summed E-state index contributed by atoms with van der Waals surface area (Å²) < 4.78 is 13.1. The van der Waals surface area contributed by atoms with Crippen LogP contribution in [0, 0.1) is 11.7 Å². The summed E-state index contributed by atoms with van der Waals surface area (Å²) in [6.45, 7) is 5.05. The van der Waals surface area contributed by atoms with Gasteiger partial charge in [0, 0.05) is 19.1 Å². The summed E-state index contributed by atoms with van der Waals surface area (Å²) in [5.74, 6) is 0.431. The highest BCUT2D eigenvalue weighted by molar-refractivity contribution is 5.16. The minimum absolute atomic E-state index is 0.150. The molecule has 1 heterocycles. The molecule has 0 bridgehead atoms. The van der Waals surface area contributed by atoms with Crippen LogP contribution in [0.25, 0.3) is 0 Å². The van der Waals surface area contributed by atoms with E-state index in [1.807, 2.05) is 6.07 Å². The highest BCUT2D eigenvalue weighted by atomic mass is 19.1. The molecular formula is C14H21FN2. The molecule has 1 aromatic carbocycles. The van der Waals surface area contributed by atoms with Gasteiger partial charge in [0.1, 0.15) is 5.82 Å². The summed E-state index contributed by atoms with van der Waals surface area (Å²) in [7, 11) is 0. The van der Waals surface area contributed by atoms with Gasteiger partial charge in [-0.2, -0.15) is 0 Å². The van der Waals surface area contributed by atoms with Gasteiger partial charge in [-0.05, 0) is 49.9 Å². The van der Waals surface area contributed by atoms with Gasteiger partial charge in [-0.3, -0.25) is 4.90 Å². The van der Waals surface area contributed by atoms with Gasteiger partial charge in [0.15, 0.2) is 0 Å². The molecule has 3 heteroatoms. The van der Waals surface area contributed by atoms with Crippen LogP contribution in [0.4, 0.5) is 4.39 Å². The zero-order valence-corrected chi connectivity index (χ0v) is 10.4. The minimum atomic E-state index is -0.150. The predicted octanol–water partition coefficient (Wildman–Crippen LogP) is 2.38. The van der Waals surface area contributed by atoms with E-state index in [1.165, 1.54) is 18.9 Å². The molecule has 0 saturated carbocycles. The van der Waals surface area contributed by atoms with Crippen molar-refractivity contribution in [3.63, 3.8) is 0 Å². The number of rotatable bonds is 3. The van der Waals surface area contributed by atoms with Crippen LogP contribution in [-0.2, 0) is 6.54 Å². The third-order valence-corrected chi connectivity index (χ3v) is 3.58. The van der Waals surface area contributed by atoms with Crippen LogP contribution in [0.2, 0.25) is 0 Å². The van der Waals surface area contributed by atoms with Crippen LogP contribution in [0.15, 0.2) is 24.3 Å². The first-order chi connectivity index (χ1) is 8.15. The fraction of sp³-hybridized carbons (Fsp3) is 0.571. The van der Waals surface area contributed by atoms with E-state index in [-0.39, 0.29) is 11.9 Å². The van der Waals surface area contributed by atoms with Gasteiger partial charge in [-0.15, -0.1) is 0 Å². The van der Waals surface area contributed by atoms with Gasteiger partial charge in [-0.25, -0.2) is 4.39 Å². The summed E-state index contributed by atoms with van der Waals surface area (Å²) in [6, 6.07) is 7.13. The van der Waals surface area contributed by atoms with E-state index in [2.05, 4.69) is 11.8 Å². The number of likely N-dealkylation sites (tertiary alicyclic amines) is 1. The Hall–Kier alpha value is -0.930. The molecule has 0 aromatic heterocycles. The Labute approximate surface area is 103 Å². The normalized spacial score (nSPS) is 23.6. The third kappa shape index (κ3) is 3.51. The number of hydrogen-bond acceptors (Lipinski definition) is 2. The number of halogens is 1. The highest BCUT2D eigenvalue weighted by Crippen LogP contribution is 2.20. The molecule has 0 aliphatic carbocycles. The fourth-order valence-corrected chi connectivity index (χ4v) is 2.56. The van der Waals surface area contributed by atoms with Crippen molar-refractivity contribution in [1.29, 1.82) is 0 Å². The second kappa shape index (κ2) is 5.61. The third-order valence-electron chi connectivity index (χ3n) is 3.58. The minimum Gasteiger partial charge on any atom is -0.328 e. The van der Waals surface area contributed by atoms with E-state index >= 15 is 0 Å². The molecule has 1 aliphatic heterocycles. The van der Waals surface area contributed by atoms with Gasteiger partial charge in [-0.1, -0.05) is 12.1 Å². The molecule has 17 heavy (non-hydrogen) atoms. The van der Waals surface area contributed by atoms with Crippen molar-refractivity contribution >= 4 is 0 Å². The molecule has 1 saturated heterocycles. The van der Waals surface area contributed by atoms with Gasteiger partial charge >= 0.3 is 0 Å². The van der Waals surface area contributed by atoms with E-state index in [0.29, 0.717) is 5.92 Å². The van der Waals surface area contributed by atoms with Crippen LogP contribution in [0.1, 0.15) is 25.3 Å². The lowest BCUT2D eigenvalue weighted by Gasteiger charge is -2.34. The Balaban J connectivity index is 1.94. The lowest BCUT2D eigenvalue weighted by atomic mass is 9.92. The van der Waals surface area contributed by atoms with Crippen molar-refractivity contribution in [3.05, 3.63) is 35.6 Å². The number of nitrogens with two attached hydrogens (primary N) is 1. The van der Waals surface area contributed by atoms with E-state index in [1.54, 1.807) is 12.1 Å². The lowest BCUT2D eigenvalue weighted by Crippen LogP contribution is -2.41. The number of nitrogens with zero attached hydrogens (tertiary/aromatic N) is 1.